The summed E-state index contributed by atoms with van der Waals surface area (Å²) in [5.41, 5.74) is 6.66. The monoisotopic (exact) mass is 452 g/mol. The van der Waals surface area contributed by atoms with E-state index >= 15 is 0 Å². The van der Waals surface area contributed by atoms with Crippen LogP contribution in [-0.2, 0) is 10.0 Å². The van der Waals surface area contributed by atoms with Gasteiger partial charge in [0.05, 0.1) is 4.90 Å². The van der Waals surface area contributed by atoms with Crippen LogP contribution in [0.5, 0.6) is 0 Å². The summed E-state index contributed by atoms with van der Waals surface area (Å²) in [6.45, 7) is 0. The summed E-state index contributed by atoms with van der Waals surface area (Å²) in [6, 6.07) is 11.6. The van der Waals surface area contributed by atoms with E-state index in [1.165, 1.54) is 12.1 Å². The number of nitrogen functional groups attached to an aromatic ring is 1. The normalized spacial score (nSPS) is 11.3. The molecule has 2 rings (SSSR count). The molecule has 0 heterocycles. The molecular formula is C12H10BrIN2O2S. The Hall–Kier alpha value is -0.800. The van der Waals surface area contributed by atoms with Crippen molar-refractivity contribution in [1.29, 1.82) is 0 Å². The van der Waals surface area contributed by atoms with Crippen LogP contribution in [0, 0.1) is 3.57 Å². The highest BCUT2D eigenvalue weighted by Gasteiger charge is 2.15. The first kappa shape index (κ1) is 14.6. The lowest BCUT2D eigenvalue weighted by atomic mass is 10.3. The van der Waals surface area contributed by atoms with Crippen LogP contribution in [0.2, 0.25) is 0 Å². The standard InChI is InChI=1S/C12H10BrIN2O2S/c13-11-7-10(4-5-12(11)15)19(17,18)16-9-3-1-2-8(14)6-9/h1-7,16H,15H2. The van der Waals surface area contributed by atoms with Gasteiger partial charge in [-0.15, -0.1) is 0 Å². The second-order valence-electron chi connectivity index (χ2n) is 3.80. The Balaban J connectivity index is 2.35. The maximum absolute atomic E-state index is 12.2. The van der Waals surface area contributed by atoms with Crippen LogP contribution in [0.4, 0.5) is 11.4 Å². The Bertz CT molecular complexity index is 719. The molecule has 0 radical (unpaired) electrons. The Morgan fingerprint density at radius 3 is 2.53 bits per heavy atom. The van der Waals surface area contributed by atoms with Gasteiger partial charge in [-0.1, -0.05) is 6.07 Å². The molecule has 0 aliphatic heterocycles. The van der Waals surface area contributed by atoms with Crippen molar-refractivity contribution in [1.82, 2.24) is 0 Å². The highest BCUT2D eigenvalue weighted by atomic mass is 127. The van der Waals surface area contributed by atoms with E-state index < -0.39 is 10.0 Å². The fraction of sp³-hybridized carbons (Fsp3) is 0. The maximum Gasteiger partial charge on any atom is 0.261 e. The maximum atomic E-state index is 12.2. The number of hydrogen-bond donors (Lipinski definition) is 2. The molecule has 2 aromatic carbocycles. The number of nitrogens with one attached hydrogen (secondary N) is 1. The van der Waals surface area contributed by atoms with Gasteiger partial charge >= 0.3 is 0 Å². The summed E-state index contributed by atoms with van der Waals surface area (Å²) < 4.78 is 28.4. The molecule has 0 amide bonds. The topological polar surface area (TPSA) is 72.2 Å². The van der Waals surface area contributed by atoms with Gasteiger partial charge in [0.1, 0.15) is 0 Å². The number of anilines is 2. The van der Waals surface area contributed by atoms with Crippen molar-refractivity contribution in [2.75, 3.05) is 10.5 Å². The van der Waals surface area contributed by atoms with E-state index in [0.29, 0.717) is 15.8 Å². The smallest absolute Gasteiger partial charge is 0.261 e. The first-order valence-corrected chi connectivity index (χ1v) is 8.57. The Kier molecular flexibility index (Phi) is 4.36. The number of sulfonamides is 1. The number of halogens is 2. The van der Waals surface area contributed by atoms with E-state index in [9.17, 15) is 8.42 Å². The summed E-state index contributed by atoms with van der Waals surface area (Å²) in [6.07, 6.45) is 0. The lowest BCUT2D eigenvalue weighted by molar-refractivity contribution is 0.601. The predicted molar refractivity (Wildman–Crippen MR) is 88.5 cm³/mol. The molecule has 0 unspecified atom stereocenters. The molecule has 0 aromatic heterocycles. The highest BCUT2D eigenvalue weighted by Crippen LogP contribution is 2.24. The van der Waals surface area contributed by atoms with E-state index in [0.717, 1.165) is 3.57 Å². The van der Waals surface area contributed by atoms with Crippen molar-refractivity contribution in [3.8, 4) is 0 Å². The van der Waals surface area contributed by atoms with Crippen molar-refractivity contribution < 1.29 is 8.42 Å². The molecule has 7 heteroatoms. The second-order valence-corrected chi connectivity index (χ2v) is 7.58. The minimum atomic E-state index is -3.61. The lowest BCUT2D eigenvalue weighted by Gasteiger charge is -2.09. The predicted octanol–water partition coefficient (Wildman–Crippen LogP) is 3.44. The van der Waals surface area contributed by atoms with Gasteiger partial charge in [0, 0.05) is 19.4 Å². The molecule has 0 aliphatic carbocycles. The van der Waals surface area contributed by atoms with Crippen LogP contribution in [0.3, 0.4) is 0 Å². The van der Waals surface area contributed by atoms with Gasteiger partial charge in [-0.3, -0.25) is 4.72 Å². The van der Waals surface area contributed by atoms with Gasteiger partial charge in [-0.25, -0.2) is 8.42 Å². The molecule has 100 valence electrons. The van der Waals surface area contributed by atoms with E-state index in [-0.39, 0.29) is 4.90 Å². The van der Waals surface area contributed by atoms with Gasteiger partial charge in [-0.05, 0) is 74.9 Å². The van der Waals surface area contributed by atoms with Crippen molar-refractivity contribution >= 4 is 59.9 Å². The molecule has 0 spiro atoms. The minimum absolute atomic E-state index is 0.160. The van der Waals surface area contributed by atoms with E-state index in [4.69, 9.17) is 5.73 Å². The van der Waals surface area contributed by atoms with Gasteiger partial charge in [0.2, 0.25) is 0 Å². The molecule has 0 saturated carbocycles. The summed E-state index contributed by atoms with van der Waals surface area (Å²) in [5.74, 6) is 0. The molecule has 0 atom stereocenters. The average molecular weight is 453 g/mol. The SMILES string of the molecule is Nc1ccc(S(=O)(=O)Nc2cccc(I)c2)cc1Br. The van der Waals surface area contributed by atoms with E-state index in [1.54, 1.807) is 24.3 Å². The molecular weight excluding hydrogens is 443 g/mol. The van der Waals surface area contributed by atoms with Gasteiger partial charge < -0.3 is 5.73 Å². The minimum Gasteiger partial charge on any atom is -0.398 e. The van der Waals surface area contributed by atoms with Gasteiger partial charge in [-0.2, -0.15) is 0 Å². The van der Waals surface area contributed by atoms with Gasteiger partial charge in [0.25, 0.3) is 10.0 Å². The third kappa shape index (κ3) is 3.61. The zero-order chi connectivity index (χ0) is 14.0. The van der Waals surface area contributed by atoms with Crippen LogP contribution >= 0.6 is 38.5 Å². The summed E-state index contributed by atoms with van der Waals surface area (Å²) in [5, 5.41) is 0. The Morgan fingerprint density at radius 2 is 1.89 bits per heavy atom. The Morgan fingerprint density at radius 1 is 1.16 bits per heavy atom. The molecule has 3 N–H and O–H groups in total. The molecule has 4 nitrogen and oxygen atoms in total. The zero-order valence-electron chi connectivity index (χ0n) is 9.60. The summed E-state index contributed by atoms with van der Waals surface area (Å²) >= 11 is 5.34. The molecule has 0 aliphatic rings. The third-order valence-corrected chi connectivity index (χ3v) is 5.10. The fourth-order valence-corrected chi connectivity index (χ4v) is 3.59. The number of nitrogens with two attached hydrogens (primary N) is 1. The van der Waals surface area contributed by atoms with Crippen LogP contribution in [0.1, 0.15) is 0 Å². The van der Waals surface area contributed by atoms with Crippen molar-refractivity contribution in [3.63, 3.8) is 0 Å². The van der Waals surface area contributed by atoms with E-state index in [2.05, 4.69) is 43.2 Å². The van der Waals surface area contributed by atoms with Crippen molar-refractivity contribution in [2.24, 2.45) is 0 Å². The average Bonchev–Trinajstić information content (AvgIpc) is 2.32. The van der Waals surface area contributed by atoms with Crippen LogP contribution in [0.15, 0.2) is 51.8 Å². The number of rotatable bonds is 3. The molecule has 0 fully saturated rings. The molecule has 0 saturated heterocycles. The first-order valence-electron chi connectivity index (χ1n) is 5.22. The fourth-order valence-electron chi connectivity index (χ4n) is 1.44. The Labute approximate surface area is 133 Å². The quantitative estimate of drug-likeness (QED) is 0.553. The van der Waals surface area contributed by atoms with Gasteiger partial charge in [0.15, 0.2) is 0 Å². The van der Waals surface area contributed by atoms with Crippen LogP contribution in [0.25, 0.3) is 0 Å². The van der Waals surface area contributed by atoms with Crippen molar-refractivity contribution in [2.45, 2.75) is 4.90 Å². The molecule has 19 heavy (non-hydrogen) atoms. The van der Waals surface area contributed by atoms with E-state index in [1.807, 2.05) is 6.07 Å². The number of hydrogen-bond acceptors (Lipinski definition) is 3. The molecule has 0 bridgehead atoms. The number of benzene rings is 2. The highest BCUT2D eigenvalue weighted by molar-refractivity contribution is 14.1. The van der Waals surface area contributed by atoms with Crippen LogP contribution < -0.4 is 10.5 Å². The second kappa shape index (κ2) is 5.68. The largest absolute Gasteiger partial charge is 0.398 e. The van der Waals surface area contributed by atoms with Crippen LogP contribution in [-0.4, -0.2) is 8.42 Å². The summed E-state index contributed by atoms with van der Waals surface area (Å²) in [4.78, 5) is 0.160. The zero-order valence-corrected chi connectivity index (χ0v) is 14.2. The lowest BCUT2D eigenvalue weighted by Crippen LogP contribution is -2.13. The first-order chi connectivity index (χ1) is 8.88. The summed E-state index contributed by atoms with van der Waals surface area (Å²) in [7, 11) is -3.61. The molecule has 2 aromatic rings. The third-order valence-electron chi connectivity index (χ3n) is 2.36. The van der Waals surface area contributed by atoms with Crippen molar-refractivity contribution in [3.05, 3.63) is 50.5 Å².